The molecular weight excluding hydrogens is 282 g/mol. The highest BCUT2D eigenvalue weighted by atomic mass is 32.1. The Balaban J connectivity index is 1.70. The number of amides is 1. The highest BCUT2D eigenvalue weighted by molar-refractivity contribution is 7.13. The molecular formula is C16H19N3OS. The first-order valence-corrected chi connectivity index (χ1v) is 8.18. The van der Waals surface area contributed by atoms with Crippen molar-refractivity contribution in [1.29, 1.82) is 0 Å². The Kier molecular flexibility index (Phi) is 4.31. The van der Waals surface area contributed by atoms with E-state index in [1.165, 1.54) is 11.3 Å². The number of nitrogens with one attached hydrogen (secondary N) is 1. The first kappa shape index (κ1) is 14.2. The monoisotopic (exact) mass is 301 g/mol. The Morgan fingerprint density at radius 2 is 2.14 bits per heavy atom. The zero-order chi connectivity index (χ0) is 14.7. The molecule has 3 rings (SSSR count). The summed E-state index contributed by atoms with van der Waals surface area (Å²) in [6.45, 7) is 0.636. The predicted molar refractivity (Wildman–Crippen MR) is 85.2 cm³/mol. The van der Waals surface area contributed by atoms with E-state index in [1.807, 2.05) is 35.7 Å². The van der Waals surface area contributed by atoms with Gasteiger partial charge in [-0.05, 0) is 25.3 Å². The Morgan fingerprint density at radius 3 is 2.90 bits per heavy atom. The average Bonchev–Trinajstić information content (AvgIpc) is 3.17. The molecule has 2 unspecified atom stereocenters. The van der Waals surface area contributed by atoms with Gasteiger partial charge in [-0.2, -0.15) is 0 Å². The number of aromatic nitrogens is 1. The van der Waals surface area contributed by atoms with Gasteiger partial charge in [0, 0.05) is 17.0 Å². The van der Waals surface area contributed by atoms with Gasteiger partial charge in [0.05, 0.1) is 0 Å². The molecule has 1 fully saturated rings. The fourth-order valence-electron chi connectivity index (χ4n) is 2.84. The molecule has 2 atom stereocenters. The Labute approximate surface area is 128 Å². The minimum Gasteiger partial charge on any atom is -0.348 e. The molecule has 0 aliphatic heterocycles. The number of thiazole rings is 1. The van der Waals surface area contributed by atoms with Crippen molar-refractivity contribution in [2.45, 2.75) is 25.3 Å². The van der Waals surface area contributed by atoms with E-state index in [9.17, 15) is 4.79 Å². The third kappa shape index (κ3) is 3.14. The second-order valence-corrected chi connectivity index (χ2v) is 6.27. The number of nitrogens with zero attached hydrogens (tertiary/aromatic N) is 1. The number of hydrogen-bond donors (Lipinski definition) is 2. The van der Waals surface area contributed by atoms with E-state index in [4.69, 9.17) is 5.73 Å². The molecule has 0 saturated heterocycles. The lowest BCUT2D eigenvalue weighted by atomic mass is 10.0. The van der Waals surface area contributed by atoms with E-state index in [2.05, 4.69) is 10.3 Å². The van der Waals surface area contributed by atoms with Crippen molar-refractivity contribution >= 4 is 17.2 Å². The van der Waals surface area contributed by atoms with Crippen LogP contribution in [0.3, 0.4) is 0 Å². The van der Waals surface area contributed by atoms with Crippen LogP contribution < -0.4 is 11.1 Å². The molecule has 4 nitrogen and oxygen atoms in total. The number of rotatable bonds is 4. The van der Waals surface area contributed by atoms with Gasteiger partial charge in [0.1, 0.15) is 10.7 Å². The average molecular weight is 301 g/mol. The summed E-state index contributed by atoms with van der Waals surface area (Å²) in [6.07, 6.45) is 3.26. The van der Waals surface area contributed by atoms with E-state index in [-0.39, 0.29) is 11.9 Å². The van der Waals surface area contributed by atoms with Crippen LogP contribution in [0, 0.1) is 5.92 Å². The molecule has 2 aromatic rings. The van der Waals surface area contributed by atoms with Crippen molar-refractivity contribution in [3.8, 4) is 10.6 Å². The van der Waals surface area contributed by atoms with E-state index in [0.717, 1.165) is 29.8 Å². The van der Waals surface area contributed by atoms with Crippen LogP contribution in [0.25, 0.3) is 10.6 Å². The van der Waals surface area contributed by atoms with E-state index in [1.54, 1.807) is 0 Å². The van der Waals surface area contributed by atoms with Crippen molar-refractivity contribution in [2.75, 3.05) is 6.54 Å². The van der Waals surface area contributed by atoms with Crippen LogP contribution in [0.5, 0.6) is 0 Å². The van der Waals surface area contributed by atoms with Crippen LogP contribution in [0.1, 0.15) is 29.8 Å². The van der Waals surface area contributed by atoms with E-state index < -0.39 is 0 Å². The molecule has 1 aromatic heterocycles. The van der Waals surface area contributed by atoms with Crippen molar-refractivity contribution in [1.82, 2.24) is 10.3 Å². The van der Waals surface area contributed by atoms with Crippen LogP contribution >= 0.6 is 11.3 Å². The maximum absolute atomic E-state index is 12.3. The normalized spacial score (nSPS) is 21.4. The highest BCUT2D eigenvalue weighted by Crippen LogP contribution is 2.26. The molecule has 5 heteroatoms. The Morgan fingerprint density at radius 1 is 1.33 bits per heavy atom. The summed E-state index contributed by atoms with van der Waals surface area (Å²) in [5, 5.41) is 5.79. The molecule has 1 saturated carbocycles. The van der Waals surface area contributed by atoms with Gasteiger partial charge >= 0.3 is 0 Å². The number of benzene rings is 1. The summed E-state index contributed by atoms with van der Waals surface area (Å²) in [7, 11) is 0. The van der Waals surface area contributed by atoms with Crippen molar-refractivity contribution in [3.63, 3.8) is 0 Å². The number of nitrogens with two attached hydrogens (primary N) is 1. The highest BCUT2D eigenvalue weighted by Gasteiger charge is 2.28. The van der Waals surface area contributed by atoms with Gasteiger partial charge in [-0.1, -0.05) is 36.8 Å². The lowest BCUT2D eigenvalue weighted by molar-refractivity contribution is 0.0924. The summed E-state index contributed by atoms with van der Waals surface area (Å²) < 4.78 is 0. The topological polar surface area (TPSA) is 68.0 Å². The summed E-state index contributed by atoms with van der Waals surface area (Å²) in [4.78, 5) is 16.7. The molecule has 1 amide bonds. The van der Waals surface area contributed by atoms with Gasteiger partial charge in [-0.3, -0.25) is 4.79 Å². The van der Waals surface area contributed by atoms with Gasteiger partial charge in [-0.15, -0.1) is 11.3 Å². The lowest BCUT2D eigenvalue weighted by Gasteiger charge is -2.18. The molecule has 0 spiro atoms. The molecule has 0 bridgehead atoms. The SMILES string of the molecule is NCC1CCCC1NC(=O)c1csc(-c2ccccc2)n1. The molecule has 1 aliphatic carbocycles. The Hall–Kier alpha value is -1.72. The van der Waals surface area contributed by atoms with Gasteiger partial charge in [0.15, 0.2) is 0 Å². The van der Waals surface area contributed by atoms with Crippen LogP contribution in [-0.4, -0.2) is 23.5 Å². The summed E-state index contributed by atoms with van der Waals surface area (Å²) >= 11 is 1.50. The predicted octanol–water partition coefficient (Wildman–Crippen LogP) is 2.67. The maximum Gasteiger partial charge on any atom is 0.271 e. The molecule has 1 aliphatic rings. The molecule has 3 N–H and O–H groups in total. The second kappa shape index (κ2) is 6.37. The zero-order valence-electron chi connectivity index (χ0n) is 11.8. The number of carbonyl (C=O) groups is 1. The number of carbonyl (C=O) groups excluding carboxylic acids is 1. The first-order valence-electron chi connectivity index (χ1n) is 7.30. The van der Waals surface area contributed by atoms with Gasteiger partial charge < -0.3 is 11.1 Å². The maximum atomic E-state index is 12.3. The summed E-state index contributed by atoms with van der Waals surface area (Å²) in [5.74, 6) is 0.319. The van der Waals surface area contributed by atoms with E-state index >= 15 is 0 Å². The minimum atomic E-state index is -0.0845. The summed E-state index contributed by atoms with van der Waals surface area (Å²) in [5.41, 5.74) is 7.30. The Bertz CT molecular complexity index is 611. The lowest BCUT2D eigenvalue weighted by Crippen LogP contribution is -2.40. The quantitative estimate of drug-likeness (QED) is 0.912. The van der Waals surface area contributed by atoms with Crippen LogP contribution in [0.2, 0.25) is 0 Å². The largest absolute Gasteiger partial charge is 0.348 e. The zero-order valence-corrected chi connectivity index (χ0v) is 12.6. The van der Waals surface area contributed by atoms with E-state index in [0.29, 0.717) is 18.2 Å². The van der Waals surface area contributed by atoms with Gasteiger partial charge in [-0.25, -0.2) is 4.98 Å². The van der Waals surface area contributed by atoms with Crippen LogP contribution in [-0.2, 0) is 0 Å². The smallest absolute Gasteiger partial charge is 0.271 e. The molecule has 0 radical (unpaired) electrons. The molecule has 1 aromatic carbocycles. The van der Waals surface area contributed by atoms with Gasteiger partial charge in [0.2, 0.25) is 0 Å². The molecule has 21 heavy (non-hydrogen) atoms. The van der Waals surface area contributed by atoms with Crippen LogP contribution in [0.4, 0.5) is 0 Å². The summed E-state index contributed by atoms with van der Waals surface area (Å²) in [6, 6.07) is 10.1. The fraction of sp³-hybridized carbons (Fsp3) is 0.375. The third-order valence-electron chi connectivity index (χ3n) is 4.04. The molecule has 1 heterocycles. The minimum absolute atomic E-state index is 0.0845. The number of hydrogen-bond acceptors (Lipinski definition) is 4. The first-order chi connectivity index (χ1) is 10.3. The van der Waals surface area contributed by atoms with Crippen molar-refractivity contribution in [3.05, 3.63) is 41.4 Å². The second-order valence-electron chi connectivity index (χ2n) is 5.41. The van der Waals surface area contributed by atoms with Crippen LogP contribution in [0.15, 0.2) is 35.7 Å². The van der Waals surface area contributed by atoms with Crippen molar-refractivity contribution in [2.24, 2.45) is 11.7 Å². The van der Waals surface area contributed by atoms with Crippen molar-refractivity contribution < 1.29 is 4.79 Å². The fourth-order valence-corrected chi connectivity index (χ4v) is 3.65. The molecule has 110 valence electrons. The third-order valence-corrected chi connectivity index (χ3v) is 4.93. The van der Waals surface area contributed by atoms with Gasteiger partial charge in [0.25, 0.3) is 5.91 Å². The standard InChI is InChI=1S/C16H19N3OS/c17-9-12-7-4-8-13(12)18-15(20)14-10-21-16(19-14)11-5-2-1-3-6-11/h1-3,5-6,10,12-13H,4,7-9,17H2,(H,18,20).